The summed E-state index contributed by atoms with van der Waals surface area (Å²) in [6, 6.07) is 6.62. The lowest BCUT2D eigenvalue weighted by Crippen LogP contribution is -2.05. The van der Waals surface area contributed by atoms with Crippen LogP contribution in [0, 0.1) is 5.92 Å². The minimum absolute atomic E-state index is 0.295. The quantitative estimate of drug-likeness (QED) is 0.785. The number of benzene rings is 1. The standard InChI is InChI=1S/C13H20O3S2/c1-11(7-9-17)6-8-16-12-4-3-5-13(10-12)18(2,14)15/h3-5,10-11,17H,6-9H2,1-2H3. The van der Waals surface area contributed by atoms with Gasteiger partial charge in [0.1, 0.15) is 5.75 Å². The molecule has 0 saturated heterocycles. The molecule has 18 heavy (non-hydrogen) atoms. The molecule has 5 heteroatoms. The highest BCUT2D eigenvalue weighted by Gasteiger charge is 2.08. The molecule has 0 aliphatic carbocycles. The topological polar surface area (TPSA) is 43.4 Å². The molecule has 0 aliphatic heterocycles. The summed E-state index contributed by atoms with van der Waals surface area (Å²) < 4.78 is 28.3. The van der Waals surface area contributed by atoms with Gasteiger partial charge in [0.25, 0.3) is 0 Å². The van der Waals surface area contributed by atoms with Gasteiger partial charge in [0.2, 0.25) is 0 Å². The molecule has 1 unspecified atom stereocenters. The first-order chi connectivity index (χ1) is 8.43. The molecule has 0 fully saturated rings. The average molecular weight is 288 g/mol. The van der Waals surface area contributed by atoms with Crippen LogP contribution < -0.4 is 4.74 Å². The molecule has 0 amide bonds. The zero-order valence-electron chi connectivity index (χ0n) is 10.8. The van der Waals surface area contributed by atoms with Crippen LogP contribution >= 0.6 is 12.6 Å². The number of ether oxygens (including phenoxy) is 1. The van der Waals surface area contributed by atoms with Crippen molar-refractivity contribution in [1.29, 1.82) is 0 Å². The Morgan fingerprint density at radius 1 is 1.33 bits per heavy atom. The zero-order valence-corrected chi connectivity index (χ0v) is 12.5. The second-order valence-corrected chi connectivity index (χ2v) is 6.96. The first kappa shape index (κ1) is 15.4. The minimum atomic E-state index is -3.17. The smallest absolute Gasteiger partial charge is 0.175 e. The van der Waals surface area contributed by atoms with Gasteiger partial charge in [-0.05, 0) is 42.7 Å². The Kier molecular flexibility index (Phi) is 6.02. The minimum Gasteiger partial charge on any atom is -0.494 e. The molecule has 102 valence electrons. The van der Waals surface area contributed by atoms with Gasteiger partial charge in [0, 0.05) is 6.26 Å². The molecule has 3 nitrogen and oxygen atoms in total. The summed E-state index contributed by atoms with van der Waals surface area (Å²) in [5.74, 6) is 2.06. The first-order valence-electron chi connectivity index (χ1n) is 5.97. The average Bonchev–Trinajstić information content (AvgIpc) is 2.29. The van der Waals surface area contributed by atoms with Crippen molar-refractivity contribution in [3.05, 3.63) is 24.3 Å². The molecule has 0 N–H and O–H groups in total. The number of hydrogen-bond donors (Lipinski definition) is 1. The predicted molar refractivity (Wildman–Crippen MR) is 77.3 cm³/mol. The van der Waals surface area contributed by atoms with Gasteiger partial charge >= 0.3 is 0 Å². The van der Waals surface area contributed by atoms with Gasteiger partial charge in [0.15, 0.2) is 9.84 Å². The third-order valence-electron chi connectivity index (χ3n) is 2.73. The van der Waals surface area contributed by atoms with E-state index in [9.17, 15) is 8.42 Å². The summed E-state index contributed by atoms with van der Waals surface area (Å²) in [6.45, 7) is 2.76. The van der Waals surface area contributed by atoms with Crippen molar-refractivity contribution in [2.24, 2.45) is 5.92 Å². The van der Waals surface area contributed by atoms with Crippen molar-refractivity contribution < 1.29 is 13.2 Å². The van der Waals surface area contributed by atoms with Crippen molar-refractivity contribution in [1.82, 2.24) is 0 Å². The van der Waals surface area contributed by atoms with Gasteiger partial charge in [0.05, 0.1) is 11.5 Å². The summed E-state index contributed by atoms with van der Waals surface area (Å²) in [7, 11) is -3.17. The van der Waals surface area contributed by atoms with E-state index in [-0.39, 0.29) is 0 Å². The molecular weight excluding hydrogens is 268 g/mol. The predicted octanol–water partition coefficient (Wildman–Crippen LogP) is 2.82. The van der Waals surface area contributed by atoms with Crippen LogP contribution in [0.1, 0.15) is 19.8 Å². The third kappa shape index (κ3) is 5.31. The summed E-state index contributed by atoms with van der Waals surface area (Å²) in [6.07, 6.45) is 3.21. The van der Waals surface area contributed by atoms with E-state index in [2.05, 4.69) is 19.6 Å². The molecule has 1 atom stereocenters. The van der Waals surface area contributed by atoms with Crippen LogP contribution in [-0.4, -0.2) is 27.0 Å². The Labute approximate surface area is 115 Å². The maximum absolute atomic E-state index is 11.4. The Bertz CT molecular complexity index is 469. The van der Waals surface area contributed by atoms with Crippen LogP contribution in [0.5, 0.6) is 5.75 Å². The normalized spacial score (nSPS) is 13.3. The Morgan fingerprint density at radius 2 is 2.06 bits per heavy atom. The fourth-order valence-electron chi connectivity index (χ4n) is 1.54. The second-order valence-electron chi connectivity index (χ2n) is 4.50. The summed E-state index contributed by atoms with van der Waals surface area (Å²) in [5.41, 5.74) is 0. The Balaban J connectivity index is 2.53. The molecular formula is C13H20O3S2. The monoisotopic (exact) mass is 288 g/mol. The van der Waals surface area contributed by atoms with Crippen LogP contribution in [0.15, 0.2) is 29.2 Å². The second kappa shape index (κ2) is 7.04. The molecule has 1 aromatic rings. The van der Waals surface area contributed by atoms with Crippen molar-refractivity contribution in [3.8, 4) is 5.75 Å². The van der Waals surface area contributed by atoms with Gasteiger partial charge in [-0.15, -0.1) is 0 Å². The summed E-state index contributed by atoms with van der Waals surface area (Å²) in [5, 5.41) is 0. The van der Waals surface area contributed by atoms with Crippen molar-refractivity contribution in [3.63, 3.8) is 0 Å². The van der Waals surface area contributed by atoms with Crippen molar-refractivity contribution >= 4 is 22.5 Å². The van der Waals surface area contributed by atoms with Gasteiger partial charge in [-0.3, -0.25) is 0 Å². The van der Waals surface area contributed by atoms with Crippen LogP contribution in [0.3, 0.4) is 0 Å². The van der Waals surface area contributed by atoms with E-state index >= 15 is 0 Å². The molecule has 0 aliphatic rings. The molecule has 0 radical (unpaired) electrons. The van der Waals surface area contributed by atoms with Gasteiger partial charge < -0.3 is 4.74 Å². The summed E-state index contributed by atoms with van der Waals surface area (Å²) in [4.78, 5) is 0.295. The van der Waals surface area contributed by atoms with E-state index in [4.69, 9.17) is 4.74 Å². The van der Waals surface area contributed by atoms with E-state index < -0.39 is 9.84 Å². The van der Waals surface area contributed by atoms with E-state index in [0.717, 1.165) is 18.6 Å². The van der Waals surface area contributed by atoms with E-state index in [1.165, 1.54) is 6.26 Å². The molecule has 1 aromatic carbocycles. The fourth-order valence-corrected chi connectivity index (χ4v) is 2.63. The maximum atomic E-state index is 11.4. The lowest BCUT2D eigenvalue weighted by molar-refractivity contribution is 0.281. The van der Waals surface area contributed by atoms with Crippen LogP contribution in [-0.2, 0) is 9.84 Å². The SMILES string of the molecule is CC(CCS)CCOc1cccc(S(C)(=O)=O)c1. The van der Waals surface area contributed by atoms with Gasteiger partial charge in [-0.1, -0.05) is 13.0 Å². The Hall–Kier alpha value is -0.680. The highest BCUT2D eigenvalue weighted by atomic mass is 32.2. The van der Waals surface area contributed by atoms with E-state index in [1.54, 1.807) is 24.3 Å². The molecule has 0 bridgehead atoms. The first-order valence-corrected chi connectivity index (χ1v) is 8.49. The zero-order chi connectivity index (χ0) is 13.6. The van der Waals surface area contributed by atoms with Gasteiger partial charge in [-0.25, -0.2) is 8.42 Å². The Morgan fingerprint density at radius 3 is 2.67 bits per heavy atom. The number of hydrogen-bond acceptors (Lipinski definition) is 4. The number of thiol groups is 1. The molecule has 0 saturated carbocycles. The highest BCUT2D eigenvalue weighted by Crippen LogP contribution is 2.18. The van der Waals surface area contributed by atoms with Crippen LogP contribution in [0.4, 0.5) is 0 Å². The lowest BCUT2D eigenvalue weighted by atomic mass is 10.1. The molecule has 1 rings (SSSR count). The number of rotatable bonds is 7. The van der Waals surface area contributed by atoms with Crippen molar-refractivity contribution in [2.75, 3.05) is 18.6 Å². The largest absolute Gasteiger partial charge is 0.494 e. The lowest BCUT2D eigenvalue weighted by Gasteiger charge is -2.11. The highest BCUT2D eigenvalue weighted by molar-refractivity contribution is 7.90. The van der Waals surface area contributed by atoms with Gasteiger partial charge in [-0.2, -0.15) is 12.6 Å². The maximum Gasteiger partial charge on any atom is 0.175 e. The summed E-state index contributed by atoms with van der Waals surface area (Å²) >= 11 is 4.19. The van der Waals surface area contributed by atoms with Crippen LogP contribution in [0.2, 0.25) is 0 Å². The fraction of sp³-hybridized carbons (Fsp3) is 0.538. The molecule has 0 heterocycles. The third-order valence-corrected chi connectivity index (χ3v) is 4.10. The van der Waals surface area contributed by atoms with E-state index in [0.29, 0.717) is 23.2 Å². The van der Waals surface area contributed by atoms with Crippen LogP contribution in [0.25, 0.3) is 0 Å². The molecule has 0 spiro atoms. The van der Waals surface area contributed by atoms with Crippen molar-refractivity contribution in [2.45, 2.75) is 24.7 Å². The van der Waals surface area contributed by atoms with E-state index in [1.807, 2.05) is 0 Å². The molecule has 0 aromatic heterocycles. The number of sulfone groups is 1.